The molecule has 29 heavy (non-hydrogen) atoms. The Kier molecular flexibility index (Phi) is 4.57. The van der Waals surface area contributed by atoms with Crippen molar-refractivity contribution in [3.8, 4) is 22.9 Å². The monoisotopic (exact) mass is 386 g/mol. The molecule has 0 atom stereocenters. The SMILES string of the molecule is c1nc(NCCc2ccnc3c2OCCO3)cc(-c2ccc3nccnc3c2)n1. The van der Waals surface area contributed by atoms with Crippen molar-refractivity contribution in [3.63, 3.8) is 0 Å². The van der Waals surface area contributed by atoms with Gasteiger partial charge in [-0.2, -0.15) is 0 Å². The van der Waals surface area contributed by atoms with Crippen molar-refractivity contribution in [2.24, 2.45) is 0 Å². The van der Waals surface area contributed by atoms with E-state index in [9.17, 15) is 0 Å². The van der Waals surface area contributed by atoms with Gasteiger partial charge in [-0.05, 0) is 24.6 Å². The van der Waals surface area contributed by atoms with Crippen LogP contribution in [0.1, 0.15) is 5.56 Å². The van der Waals surface area contributed by atoms with Gasteiger partial charge in [0.05, 0.1) is 16.7 Å². The van der Waals surface area contributed by atoms with E-state index >= 15 is 0 Å². The summed E-state index contributed by atoms with van der Waals surface area (Å²) in [6.45, 7) is 1.77. The van der Waals surface area contributed by atoms with E-state index < -0.39 is 0 Å². The van der Waals surface area contributed by atoms with Crippen molar-refractivity contribution in [2.45, 2.75) is 6.42 Å². The van der Waals surface area contributed by atoms with Gasteiger partial charge in [-0.1, -0.05) is 6.07 Å². The molecule has 0 unspecified atom stereocenters. The van der Waals surface area contributed by atoms with E-state index in [-0.39, 0.29) is 0 Å². The first kappa shape index (κ1) is 17.3. The van der Waals surface area contributed by atoms with Gasteiger partial charge >= 0.3 is 0 Å². The van der Waals surface area contributed by atoms with Gasteiger partial charge in [0.1, 0.15) is 25.4 Å². The molecule has 4 heterocycles. The Morgan fingerprint density at radius 3 is 2.69 bits per heavy atom. The third-order valence-electron chi connectivity index (χ3n) is 4.65. The van der Waals surface area contributed by atoms with Crippen molar-refractivity contribution in [3.05, 3.63) is 60.8 Å². The molecule has 0 radical (unpaired) electrons. The second-order valence-corrected chi connectivity index (χ2v) is 6.53. The minimum Gasteiger partial charge on any atom is -0.484 e. The molecular formula is C21H18N6O2. The summed E-state index contributed by atoms with van der Waals surface area (Å²) in [5, 5.41) is 3.35. The van der Waals surface area contributed by atoms with Crippen molar-refractivity contribution < 1.29 is 9.47 Å². The van der Waals surface area contributed by atoms with Crippen LogP contribution in [0.4, 0.5) is 5.82 Å². The third-order valence-corrected chi connectivity index (χ3v) is 4.65. The predicted octanol–water partition coefficient (Wildman–Crippen LogP) is 2.91. The van der Waals surface area contributed by atoms with Crippen LogP contribution in [0.2, 0.25) is 0 Å². The van der Waals surface area contributed by atoms with E-state index in [1.807, 2.05) is 30.3 Å². The molecule has 0 fully saturated rings. The van der Waals surface area contributed by atoms with Gasteiger partial charge in [0, 0.05) is 42.3 Å². The molecule has 0 spiro atoms. The molecule has 1 N–H and O–H groups in total. The first-order chi connectivity index (χ1) is 14.4. The maximum atomic E-state index is 5.72. The van der Waals surface area contributed by atoms with Crippen LogP contribution in [0.25, 0.3) is 22.3 Å². The highest BCUT2D eigenvalue weighted by Crippen LogP contribution is 2.31. The van der Waals surface area contributed by atoms with Gasteiger partial charge in [-0.3, -0.25) is 9.97 Å². The average molecular weight is 386 g/mol. The summed E-state index contributed by atoms with van der Waals surface area (Å²) in [7, 11) is 0. The van der Waals surface area contributed by atoms with E-state index in [1.165, 1.54) is 0 Å². The maximum absolute atomic E-state index is 5.72. The fraction of sp³-hybridized carbons (Fsp3) is 0.190. The van der Waals surface area contributed by atoms with Crippen LogP contribution in [0, 0.1) is 0 Å². The molecule has 0 bridgehead atoms. The Balaban J connectivity index is 1.30. The molecule has 5 rings (SSSR count). The zero-order valence-corrected chi connectivity index (χ0v) is 15.6. The zero-order chi connectivity index (χ0) is 19.5. The summed E-state index contributed by atoms with van der Waals surface area (Å²) in [4.78, 5) is 21.6. The average Bonchev–Trinajstić information content (AvgIpc) is 2.79. The number of benzene rings is 1. The molecular weight excluding hydrogens is 368 g/mol. The molecule has 0 saturated carbocycles. The van der Waals surface area contributed by atoms with Crippen LogP contribution in [0.5, 0.6) is 11.6 Å². The van der Waals surface area contributed by atoms with Gasteiger partial charge in [0.2, 0.25) is 0 Å². The van der Waals surface area contributed by atoms with E-state index in [4.69, 9.17) is 9.47 Å². The van der Waals surface area contributed by atoms with E-state index in [0.29, 0.717) is 25.6 Å². The summed E-state index contributed by atoms with van der Waals surface area (Å²) < 4.78 is 11.3. The fourth-order valence-corrected chi connectivity index (χ4v) is 3.26. The number of fused-ring (bicyclic) bond motifs is 2. The topological polar surface area (TPSA) is 94.9 Å². The highest BCUT2D eigenvalue weighted by molar-refractivity contribution is 5.80. The summed E-state index contributed by atoms with van der Waals surface area (Å²) in [5.41, 5.74) is 4.55. The van der Waals surface area contributed by atoms with Gasteiger partial charge in [-0.15, -0.1) is 0 Å². The van der Waals surface area contributed by atoms with Crippen LogP contribution in [-0.4, -0.2) is 44.7 Å². The van der Waals surface area contributed by atoms with Crippen LogP contribution < -0.4 is 14.8 Å². The van der Waals surface area contributed by atoms with E-state index in [0.717, 1.165) is 45.8 Å². The second-order valence-electron chi connectivity index (χ2n) is 6.53. The molecule has 1 aromatic carbocycles. The number of nitrogens with zero attached hydrogens (tertiary/aromatic N) is 5. The molecule has 4 aromatic rings. The first-order valence-electron chi connectivity index (χ1n) is 9.37. The van der Waals surface area contributed by atoms with Crippen molar-refractivity contribution in [1.82, 2.24) is 24.9 Å². The standard InChI is InChI=1S/C21H18N6O2/c1-2-16-18(23-8-7-22-16)11-15(1)17-12-19(27-13-26-17)24-5-3-14-4-6-25-21-20(14)28-9-10-29-21/h1-2,4,6-8,11-13H,3,5,9-10H2,(H,24,26,27). The number of nitrogens with one attached hydrogen (secondary N) is 1. The summed E-state index contributed by atoms with van der Waals surface area (Å²) in [6, 6.07) is 9.80. The van der Waals surface area contributed by atoms with Crippen molar-refractivity contribution in [2.75, 3.05) is 25.1 Å². The Labute approximate surface area is 167 Å². The minimum atomic E-state index is 0.534. The second kappa shape index (κ2) is 7.67. The summed E-state index contributed by atoms with van der Waals surface area (Å²) >= 11 is 0. The van der Waals surface area contributed by atoms with Gasteiger partial charge < -0.3 is 14.8 Å². The van der Waals surface area contributed by atoms with Gasteiger partial charge in [0.25, 0.3) is 5.88 Å². The molecule has 1 aliphatic heterocycles. The number of aromatic nitrogens is 5. The number of hydrogen-bond acceptors (Lipinski definition) is 8. The maximum Gasteiger partial charge on any atom is 0.257 e. The van der Waals surface area contributed by atoms with E-state index in [2.05, 4.69) is 30.2 Å². The minimum absolute atomic E-state index is 0.534. The summed E-state index contributed by atoms with van der Waals surface area (Å²) in [6.07, 6.45) is 7.44. The van der Waals surface area contributed by atoms with Crippen LogP contribution in [0.3, 0.4) is 0 Å². The van der Waals surface area contributed by atoms with Crippen molar-refractivity contribution >= 4 is 16.9 Å². The lowest BCUT2D eigenvalue weighted by atomic mass is 10.1. The number of ether oxygens (including phenoxy) is 2. The van der Waals surface area contributed by atoms with Gasteiger partial charge in [-0.25, -0.2) is 15.0 Å². The normalized spacial score (nSPS) is 12.7. The predicted molar refractivity (Wildman–Crippen MR) is 108 cm³/mol. The highest BCUT2D eigenvalue weighted by atomic mass is 16.6. The molecule has 3 aromatic heterocycles. The summed E-state index contributed by atoms with van der Waals surface area (Å²) in [5.74, 6) is 2.06. The number of hydrogen-bond donors (Lipinski definition) is 1. The Morgan fingerprint density at radius 1 is 0.828 bits per heavy atom. The Bertz CT molecular complexity index is 1170. The quantitative estimate of drug-likeness (QED) is 0.559. The smallest absolute Gasteiger partial charge is 0.257 e. The largest absolute Gasteiger partial charge is 0.484 e. The number of pyridine rings is 1. The van der Waals surface area contributed by atoms with Crippen LogP contribution in [0.15, 0.2) is 55.2 Å². The Morgan fingerprint density at radius 2 is 1.72 bits per heavy atom. The van der Waals surface area contributed by atoms with Crippen LogP contribution >= 0.6 is 0 Å². The molecule has 8 nitrogen and oxygen atoms in total. The van der Waals surface area contributed by atoms with E-state index in [1.54, 1.807) is 24.9 Å². The lowest BCUT2D eigenvalue weighted by Crippen LogP contribution is -2.18. The number of anilines is 1. The van der Waals surface area contributed by atoms with Gasteiger partial charge in [0.15, 0.2) is 5.75 Å². The third kappa shape index (κ3) is 3.64. The molecule has 8 heteroatoms. The molecule has 1 aliphatic rings. The van der Waals surface area contributed by atoms with Crippen molar-refractivity contribution in [1.29, 1.82) is 0 Å². The molecule has 144 valence electrons. The molecule has 0 saturated heterocycles. The Hall–Kier alpha value is -3.81. The molecule has 0 amide bonds. The fourth-order valence-electron chi connectivity index (χ4n) is 3.26. The van der Waals surface area contributed by atoms with Crippen LogP contribution in [-0.2, 0) is 6.42 Å². The molecule has 0 aliphatic carbocycles. The first-order valence-corrected chi connectivity index (χ1v) is 9.37. The lowest BCUT2D eigenvalue weighted by molar-refractivity contribution is 0.163. The zero-order valence-electron chi connectivity index (χ0n) is 15.6. The lowest BCUT2D eigenvalue weighted by Gasteiger charge is -2.19. The number of rotatable bonds is 5. The highest BCUT2D eigenvalue weighted by Gasteiger charge is 2.16.